The molecular weight excluding hydrogens is 469 g/mol. The molecule has 0 aliphatic rings. The molecule has 0 saturated heterocycles. The molecule has 0 aliphatic carbocycles. The molecule has 3 rings (SSSR count). The van der Waals surface area contributed by atoms with Crippen LogP contribution in [0, 0.1) is 5.82 Å². The van der Waals surface area contributed by atoms with Gasteiger partial charge in [-0.05, 0) is 48.0 Å². The Bertz CT molecular complexity index is 1150. The molecule has 156 valence electrons. The van der Waals surface area contributed by atoms with Crippen LogP contribution in [0.15, 0.2) is 82.4 Å². The number of rotatable bonds is 5. The van der Waals surface area contributed by atoms with Crippen molar-refractivity contribution in [3.63, 3.8) is 0 Å². The molecule has 2 N–H and O–H groups in total. The lowest BCUT2D eigenvalue weighted by Crippen LogP contribution is -2.32. The highest BCUT2D eigenvalue weighted by Crippen LogP contribution is 2.19. The predicted molar refractivity (Wildman–Crippen MR) is 116 cm³/mol. The summed E-state index contributed by atoms with van der Waals surface area (Å²) in [6.45, 7) is 0. The van der Waals surface area contributed by atoms with Crippen molar-refractivity contribution in [2.24, 2.45) is 5.10 Å². The molecular formula is C22H15BrFN3O4. The van der Waals surface area contributed by atoms with Crippen LogP contribution in [0.4, 0.5) is 10.1 Å². The molecule has 0 atom stereocenters. The largest absolute Gasteiger partial charge is 0.423 e. The van der Waals surface area contributed by atoms with Crippen molar-refractivity contribution in [2.75, 3.05) is 5.32 Å². The highest BCUT2D eigenvalue weighted by Gasteiger charge is 2.15. The van der Waals surface area contributed by atoms with Crippen LogP contribution < -0.4 is 15.5 Å². The number of hydrazone groups is 1. The highest BCUT2D eigenvalue weighted by atomic mass is 79.9. The number of nitrogens with one attached hydrogen (secondary N) is 2. The maximum Gasteiger partial charge on any atom is 0.343 e. The first-order valence-electron chi connectivity index (χ1n) is 8.89. The quantitative estimate of drug-likeness (QED) is 0.189. The highest BCUT2D eigenvalue weighted by molar-refractivity contribution is 9.10. The molecule has 7 nitrogen and oxygen atoms in total. The first-order chi connectivity index (χ1) is 14.9. The molecule has 0 bridgehead atoms. The van der Waals surface area contributed by atoms with Gasteiger partial charge >= 0.3 is 17.8 Å². The van der Waals surface area contributed by atoms with Gasteiger partial charge in [-0.3, -0.25) is 9.59 Å². The predicted octanol–water partition coefficient (Wildman–Crippen LogP) is 3.90. The van der Waals surface area contributed by atoms with Crippen molar-refractivity contribution in [3.8, 4) is 5.75 Å². The summed E-state index contributed by atoms with van der Waals surface area (Å²) < 4.78 is 19.5. The fraction of sp³-hybridized carbons (Fsp3) is 0. The van der Waals surface area contributed by atoms with E-state index in [1.165, 1.54) is 24.4 Å². The van der Waals surface area contributed by atoms with Crippen LogP contribution in [0.3, 0.4) is 0 Å². The molecule has 3 aromatic rings. The van der Waals surface area contributed by atoms with E-state index in [-0.39, 0.29) is 11.4 Å². The van der Waals surface area contributed by atoms with E-state index >= 15 is 0 Å². The number of anilines is 1. The number of carbonyl (C=O) groups is 3. The second kappa shape index (κ2) is 10.3. The lowest BCUT2D eigenvalue weighted by atomic mass is 10.2. The van der Waals surface area contributed by atoms with Crippen LogP contribution in [0.25, 0.3) is 0 Å². The minimum absolute atomic E-state index is 0.139. The van der Waals surface area contributed by atoms with Gasteiger partial charge in [0.1, 0.15) is 11.6 Å². The van der Waals surface area contributed by atoms with E-state index in [9.17, 15) is 18.8 Å². The average molecular weight is 484 g/mol. The molecule has 0 aliphatic heterocycles. The van der Waals surface area contributed by atoms with Crippen molar-refractivity contribution in [1.29, 1.82) is 0 Å². The average Bonchev–Trinajstić information content (AvgIpc) is 2.76. The smallest absolute Gasteiger partial charge is 0.343 e. The van der Waals surface area contributed by atoms with E-state index in [4.69, 9.17) is 4.74 Å². The Kier molecular flexibility index (Phi) is 7.23. The molecule has 31 heavy (non-hydrogen) atoms. The lowest BCUT2D eigenvalue weighted by molar-refractivity contribution is -0.136. The molecule has 0 unspecified atom stereocenters. The normalized spacial score (nSPS) is 10.5. The van der Waals surface area contributed by atoms with Gasteiger partial charge in [0.25, 0.3) is 0 Å². The van der Waals surface area contributed by atoms with Gasteiger partial charge in [-0.1, -0.05) is 46.3 Å². The molecule has 0 spiro atoms. The Labute approximate surface area is 185 Å². The SMILES string of the molecule is O=C(NN=Cc1cccc(OC(=O)c2ccccc2)c1)C(=O)Nc1ccc(Br)cc1F. The maximum absolute atomic E-state index is 13.7. The van der Waals surface area contributed by atoms with Gasteiger partial charge in [-0.15, -0.1) is 0 Å². The van der Waals surface area contributed by atoms with Crippen LogP contribution in [-0.2, 0) is 9.59 Å². The Morgan fingerprint density at radius 2 is 1.71 bits per heavy atom. The standard InChI is InChI=1S/C22H15BrFN3O4/c23-16-9-10-19(18(24)12-16)26-20(28)21(29)27-25-13-14-5-4-8-17(11-14)31-22(30)15-6-2-1-3-7-15/h1-13H,(H,26,28)(H,27,29). The van der Waals surface area contributed by atoms with Crippen molar-refractivity contribution >= 4 is 45.6 Å². The van der Waals surface area contributed by atoms with E-state index in [1.54, 1.807) is 48.5 Å². The van der Waals surface area contributed by atoms with E-state index in [1.807, 2.05) is 5.43 Å². The molecule has 0 heterocycles. The monoisotopic (exact) mass is 483 g/mol. The van der Waals surface area contributed by atoms with Gasteiger partial charge < -0.3 is 10.1 Å². The number of nitrogens with zero attached hydrogens (tertiary/aromatic N) is 1. The number of carbonyl (C=O) groups excluding carboxylic acids is 3. The first-order valence-corrected chi connectivity index (χ1v) is 9.68. The van der Waals surface area contributed by atoms with Crippen molar-refractivity contribution in [3.05, 3.63) is 94.2 Å². The van der Waals surface area contributed by atoms with Crippen LogP contribution >= 0.6 is 15.9 Å². The zero-order chi connectivity index (χ0) is 22.2. The number of esters is 1. The second-order valence-electron chi connectivity index (χ2n) is 6.11. The summed E-state index contributed by atoms with van der Waals surface area (Å²) >= 11 is 3.10. The number of ether oxygens (including phenoxy) is 1. The summed E-state index contributed by atoms with van der Waals surface area (Å²) in [5.41, 5.74) is 2.83. The lowest BCUT2D eigenvalue weighted by Gasteiger charge is -2.06. The van der Waals surface area contributed by atoms with Crippen molar-refractivity contribution < 1.29 is 23.5 Å². The number of hydrogen-bond donors (Lipinski definition) is 2. The fourth-order valence-corrected chi connectivity index (χ4v) is 2.72. The molecule has 0 aromatic heterocycles. The maximum atomic E-state index is 13.7. The topological polar surface area (TPSA) is 96.9 Å². The van der Waals surface area contributed by atoms with E-state index in [0.717, 1.165) is 6.07 Å². The van der Waals surface area contributed by atoms with Crippen LogP contribution in [-0.4, -0.2) is 24.0 Å². The van der Waals surface area contributed by atoms with Crippen LogP contribution in [0.1, 0.15) is 15.9 Å². The third-order valence-corrected chi connectivity index (χ3v) is 4.34. The number of halogens is 2. The number of benzene rings is 3. The van der Waals surface area contributed by atoms with Crippen molar-refractivity contribution in [1.82, 2.24) is 5.43 Å². The Hall–Kier alpha value is -3.85. The molecule has 0 radical (unpaired) electrons. The van der Waals surface area contributed by atoms with Crippen LogP contribution in [0.2, 0.25) is 0 Å². The number of amides is 2. The van der Waals surface area contributed by atoms with Gasteiger partial charge in [0.2, 0.25) is 0 Å². The second-order valence-corrected chi connectivity index (χ2v) is 7.02. The summed E-state index contributed by atoms with van der Waals surface area (Å²) in [6, 6.07) is 18.9. The molecule has 3 aromatic carbocycles. The van der Waals surface area contributed by atoms with E-state index in [0.29, 0.717) is 15.6 Å². The van der Waals surface area contributed by atoms with E-state index < -0.39 is 23.6 Å². The summed E-state index contributed by atoms with van der Waals surface area (Å²) in [4.78, 5) is 35.8. The van der Waals surface area contributed by atoms with Gasteiger partial charge in [0.15, 0.2) is 0 Å². The Balaban J connectivity index is 1.56. The molecule has 2 amide bonds. The van der Waals surface area contributed by atoms with Gasteiger partial charge in [-0.25, -0.2) is 14.6 Å². The molecule has 0 saturated carbocycles. The summed E-state index contributed by atoms with van der Waals surface area (Å²) in [7, 11) is 0. The first kappa shape index (κ1) is 21.8. The zero-order valence-corrected chi connectivity index (χ0v) is 17.4. The molecule has 0 fully saturated rings. The minimum Gasteiger partial charge on any atom is -0.423 e. The zero-order valence-electron chi connectivity index (χ0n) is 15.8. The number of hydrogen-bond acceptors (Lipinski definition) is 5. The van der Waals surface area contributed by atoms with Gasteiger partial charge in [0, 0.05) is 4.47 Å². The Morgan fingerprint density at radius 3 is 2.45 bits per heavy atom. The Morgan fingerprint density at radius 1 is 0.935 bits per heavy atom. The van der Waals surface area contributed by atoms with E-state index in [2.05, 4.69) is 26.3 Å². The summed E-state index contributed by atoms with van der Waals surface area (Å²) in [6.07, 6.45) is 1.27. The minimum atomic E-state index is -1.08. The molecule has 9 heteroatoms. The summed E-state index contributed by atoms with van der Waals surface area (Å²) in [5, 5.41) is 5.85. The third kappa shape index (κ3) is 6.31. The summed E-state index contributed by atoms with van der Waals surface area (Å²) in [5.74, 6) is -3.08. The van der Waals surface area contributed by atoms with Crippen molar-refractivity contribution in [2.45, 2.75) is 0 Å². The van der Waals surface area contributed by atoms with Gasteiger partial charge in [0.05, 0.1) is 17.5 Å². The van der Waals surface area contributed by atoms with Crippen LogP contribution in [0.5, 0.6) is 5.75 Å². The fourth-order valence-electron chi connectivity index (χ4n) is 2.38. The van der Waals surface area contributed by atoms with Gasteiger partial charge in [-0.2, -0.15) is 5.10 Å². The third-order valence-electron chi connectivity index (χ3n) is 3.84.